The molecule has 0 radical (unpaired) electrons. The fourth-order valence-corrected chi connectivity index (χ4v) is 2.51. The Labute approximate surface area is 141 Å². The molecule has 0 aliphatic rings. The maximum Gasteiger partial charge on any atom is 0.222 e. The molecule has 0 aliphatic carbocycles. The number of unbranched alkanes of at least 4 members (excludes halogenated alkanes) is 1. The number of fused-ring (bicyclic) bond motifs is 1. The number of carbonyl (C=O) groups is 1. The normalized spacial score (nSPS) is 13.5. The number of carbonyl (C=O) groups excluding carboxylic acids is 1. The van der Waals surface area contributed by atoms with Crippen LogP contribution in [0.5, 0.6) is 0 Å². The number of nitrogens with one attached hydrogen (secondary N) is 2. The van der Waals surface area contributed by atoms with Crippen LogP contribution in [0, 0.1) is 0 Å². The summed E-state index contributed by atoms with van der Waals surface area (Å²) < 4.78 is 0. The lowest BCUT2D eigenvalue weighted by atomic mass is 9.94. The van der Waals surface area contributed by atoms with Crippen LogP contribution in [-0.4, -0.2) is 32.9 Å². The Kier molecular flexibility index (Phi) is 5.38. The minimum atomic E-state index is -0.377. The van der Waals surface area contributed by atoms with Gasteiger partial charge in [0.1, 0.15) is 5.52 Å². The molecule has 8 heteroatoms. The number of hydrogen-bond acceptors (Lipinski definition) is 7. The van der Waals surface area contributed by atoms with Crippen molar-refractivity contribution in [1.82, 2.24) is 20.3 Å². The van der Waals surface area contributed by atoms with Gasteiger partial charge in [0.2, 0.25) is 11.9 Å². The molecular formula is C16H25N7O. The average molecular weight is 331 g/mol. The van der Waals surface area contributed by atoms with Crippen LogP contribution in [0.1, 0.15) is 40.0 Å². The molecule has 1 unspecified atom stereocenters. The van der Waals surface area contributed by atoms with E-state index in [-0.39, 0.29) is 17.4 Å². The number of nitrogen functional groups attached to an aromatic ring is 2. The quantitative estimate of drug-likeness (QED) is 0.607. The molecule has 0 fully saturated rings. The number of pyridine rings is 1. The van der Waals surface area contributed by atoms with Gasteiger partial charge in [-0.2, -0.15) is 4.98 Å². The van der Waals surface area contributed by atoms with E-state index in [9.17, 15) is 4.79 Å². The lowest BCUT2D eigenvalue weighted by Crippen LogP contribution is -2.46. The second-order valence-electron chi connectivity index (χ2n) is 6.27. The SMILES string of the molecule is CCCCC(C)(CNC(C)=O)Nc1nc(N)nc2cc(N)cnc12. The highest BCUT2D eigenvalue weighted by atomic mass is 16.1. The van der Waals surface area contributed by atoms with Crippen LogP contribution in [0.2, 0.25) is 0 Å². The van der Waals surface area contributed by atoms with Crippen molar-refractivity contribution in [2.45, 2.75) is 45.6 Å². The second-order valence-corrected chi connectivity index (χ2v) is 6.27. The molecule has 0 aromatic carbocycles. The first kappa shape index (κ1) is 17.7. The first-order valence-corrected chi connectivity index (χ1v) is 8.04. The van der Waals surface area contributed by atoms with Gasteiger partial charge in [-0.3, -0.25) is 4.79 Å². The van der Waals surface area contributed by atoms with Crippen LogP contribution in [-0.2, 0) is 4.79 Å². The van der Waals surface area contributed by atoms with Gasteiger partial charge in [-0.25, -0.2) is 9.97 Å². The zero-order valence-electron chi connectivity index (χ0n) is 14.4. The fourth-order valence-electron chi connectivity index (χ4n) is 2.51. The predicted octanol–water partition coefficient (Wildman–Crippen LogP) is 1.69. The number of amides is 1. The minimum Gasteiger partial charge on any atom is -0.397 e. The number of anilines is 3. The molecule has 130 valence electrons. The van der Waals surface area contributed by atoms with Crippen LogP contribution in [0.25, 0.3) is 11.0 Å². The van der Waals surface area contributed by atoms with Gasteiger partial charge in [-0.05, 0) is 19.4 Å². The first-order valence-electron chi connectivity index (χ1n) is 8.04. The standard InChI is InChI=1S/C16H25N7O/c1-4-5-6-16(3,9-20-10(2)24)23-14-13-12(21-15(18)22-14)7-11(17)8-19-13/h7-8H,4-6,9,17H2,1-3H3,(H,20,24)(H3,18,21,22,23). The van der Waals surface area contributed by atoms with Crippen molar-refractivity contribution in [3.8, 4) is 0 Å². The maximum atomic E-state index is 11.3. The average Bonchev–Trinajstić information content (AvgIpc) is 2.50. The number of nitrogens with zero attached hydrogens (tertiary/aromatic N) is 3. The van der Waals surface area contributed by atoms with E-state index < -0.39 is 0 Å². The summed E-state index contributed by atoms with van der Waals surface area (Å²) >= 11 is 0. The number of nitrogens with two attached hydrogens (primary N) is 2. The molecule has 0 saturated carbocycles. The summed E-state index contributed by atoms with van der Waals surface area (Å²) in [6.45, 7) is 6.15. The van der Waals surface area contributed by atoms with Crippen LogP contribution in [0.4, 0.5) is 17.5 Å². The Morgan fingerprint density at radius 1 is 1.33 bits per heavy atom. The molecule has 0 aliphatic heterocycles. The molecule has 2 aromatic rings. The van der Waals surface area contributed by atoms with Crippen LogP contribution in [0.15, 0.2) is 12.3 Å². The van der Waals surface area contributed by atoms with Crippen molar-refractivity contribution in [3.63, 3.8) is 0 Å². The Bertz CT molecular complexity index is 728. The third kappa shape index (κ3) is 4.43. The lowest BCUT2D eigenvalue weighted by Gasteiger charge is -2.32. The van der Waals surface area contributed by atoms with Gasteiger partial charge in [-0.1, -0.05) is 19.8 Å². The highest BCUT2D eigenvalue weighted by Gasteiger charge is 2.26. The molecule has 0 spiro atoms. The van der Waals surface area contributed by atoms with Crippen molar-refractivity contribution < 1.29 is 4.79 Å². The van der Waals surface area contributed by atoms with Crippen molar-refractivity contribution in [2.75, 3.05) is 23.3 Å². The van der Waals surface area contributed by atoms with Crippen molar-refractivity contribution >= 4 is 34.4 Å². The van der Waals surface area contributed by atoms with Gasteiger partial charge in [0.05, 0.1) is 22.9 Å². The Morgan fingerprint density at radius 3 is 2.75 bits per heavy atom. The molecule has 6 N–H and O–H groups in total. The van der Waals surface area contributed by atoms with Gasteiger partial charge in [0.15, 0.2) is 5.82 Å². The molecule has 0 saturated heterocycles. The minimum absolute atomic E-state index is 0.0718. The van der Waals surface area contributed by atoms with Gasteiger partial charge >= 0.3 is 0 Å². The molecular weight excluding hydrogens is 306 g/mol. The lowest BCUT2D eigenvalue weighted by molar-refractivity contribution is -0.119. The van der Waals surface area contributed by atoms with Gasteiger partial charge in [-0.15, -0.1) is 0 Å². The molecule has 24 heavy (non-hydrogen) atoms. The largest absolute Gasteiger partial charge is 0.397 e. The number of aromatic nitrogens is 3. The second kappa shape index (κ2) is 7.29. The van der Waals surface area contributed by atoms with Crippen LogP contribution < -0.4 is 22.1 Å². The summed E-state index contributed by atoms with van der Waals surface area (Å²) in [5.41, 5.74) is 12.9. The van der Waals surface area contributed by atoms with Crippen molar-refractivity contribution in [1.29, 1.82) is 0 Å². The first-order chi connectivity index (χ1) is 11.3. The van der Waals surface area contributed by atoms with Crippen molar-refractivity contribution in [3.05, 3.63) is 12.3 Å². The number of rotatable bonds is 7. The highest BCUT2D eigenvalue weighted by Crippen LogP contribution is 2.25. The molecule has 8 nitrogen and oxygen atoms in total. The highest BCUT2D eigenvalue weighted by molar-refractivity contribution is 5.88. The fraction of sp³-hybridized carbons (Fsp3) is 0.500. The van der Waals surface area contributed by atoms with Gasteiger partial charge < -0.3 is 22.1 Å². The molecule has 2 rings (SSSR count). The summed E-state index contributed by atoms with van der Waals surface area (Å²) in [7, 11) is 0. The van der Waals surface area contributed by atoms with E-state index in [0.717, 1.165) is 19.3 Å². The van der Waals surface area contributed by atoms with E-state index in [4.69, 9.17) is 11.5 Å². The molecule has 1 amide bonds. The van der Waals surface area contributed by atoms with Crippen molar-refractivity contribution in [2.24, 2.45) is 0 Å². The zero-order chi connectivity index (χ0) is 17.7. The zero-order valence-corrected chi connectivity index (χ0v) is 14.4. The molecule has 2 heterocycles. The van der Waals surface area contributed by atoms with Gasteiger partial charge in [0, 0.05) is 13.5 Å². The molecule has 0 bridgehead atoms. The monoisotopic (exact) mass is 331 g/mol. The Balaban J connectivity index is 2.37. The summed E-state index contributed by atoms with van der Waals surface area (Å²) in [4.78, 5) is 24.1. The molecule has 1 atom stereocenters. The third-order valence-electron chi connectivity index (χ3n) is 3.80. The van der Waals surface area contributed by atoms with E-state index in [1.54, 1.807) is 12.3 Å². The maximum absolute atomic E-state index is 11.3. The summed E-state index contributed by atoms with van der Waals surface area (Å²) in [6.07, 6.45) is 4.50. The summed E-state index contributed by atoms with van der Waals surface area (Å²) in [5, 5.41) is 6.27. The van der Waals surface area contributed by atoms with E-state index in [1.807, 2.05) is 6.92 Å². The smallest absolute Gasteiger partial charge is 0.222 e. The van der Waals surface area contributed by atoms with E-state index in [1.165, 1.54) is 6.92 Å². The Morgan fingerprint density at radius 2 is 2.08 bits per heavy atom. The Hall–Kier alpha value is -2.64. The molecule has 2 aromatic heterocycles. The van der Waals surface area contributed by atoms with E-state index in [0.29, 0.717) is 29.1 Å². The van der Waals surface area contributed by atoms with Crippen LogP contribution >= 0.6 is 0 Å². The van der Waals surface area contributed by atoms with E-state index in [2.05, 4.69) is 32.5 Å². The summed E-state index contributed by atoms with van der Waals surface area (Å²) in [6, 6.07) is 1.71. The predicted molar refractivity (Wildman–Crippen MR) is 96.4 cm³/mol. The topological polar surface area (TPSA) is 132 Å². The van der Waals surface area contributed by atoms with Gasteiger partial charge in [0.25, 0.3) is 0 Å². The van der Waals surface area contributed by atoms with E-state index >= 15 is 0 Å². The number of hydrogen-bond donors (Lipinski definition) is 4. The third-order valence-corrected chi connectivity index (χ3v) is 3.80. The van der Waals surface area contributed by atoms with Crippen LogP contribution in [0.3, 0.4) is 0 Å². The summed E-state index contributed by atoms with van der Waals surface area (Å²) in [5.74, 6) is 0.619.